The summed E-state index contributed by atoms with van der Waals surface area (Å²) in [6, 6.07) is 4.46. The zero-order valence-electron chi connectivity index (χ0n) is 10.4. The van der Waals surface area contributed by atoms with Crippen molar-refractivity contribution < 1.29 is 19.9 Å². The number of hydrogen-bond acceptors (Lipinski definition) is 5. The van der Waals surface area contributed by atoms with E-state index >= 15 is 0 Å². The first-order valence-corrected chi connectivity index (χ1v) is 5.82. The number of nitro groups is 1. The van der Waals surface area contributed by atoms with E-state index in [-0.39, 0.29) is 18.0 Å². The number of rotatable bonds is 6. The van der Waals surface area contributed by atoms with E-state index in [2.05, 4.69) is 5.32 Å². The molecule has 0 fully saturated rings. The smallest absolute Gasteiger partial charge is 0.269 e. The Labute approximate surface area is 110 Å². The minimum Gasteiger partial charge on any atom is -0.394 e. The van der Waals surface area contributed by atoms with Gasteiger partial charge in [0, 0.05) is 18.6 Å². The number of hydrogen-bond donors (Lipinski definition) is 3. The Kier molecular flexibility index (Phi) is 5.40. The molecule has 1 aromatic carbocycles. The molecule has 3 N–H and O–H groups in total. The van der Waals surface area contributed by atoms with E-state index in [0.29, 0.717) is 5.56 Å². The van der Waals surface area contributed by atoms with Gasteiger partial charge in [-0.3, -0.25) is 14.9 Å². The van der Waals surface area contributed by atoms with Crippen molar-refractivity contribution in [1.82, 2.24) is 5.32 Å². The lowest BCUT2D eigenvalue weighted by molar-refractivity contribution is -0.384. The molecule has 2 unspecified atom stereocenters. The molecule has 0 saturated heterocycles. The van der Waals surface area contributed by atoms with Gasteiger partial charge in [-0.2, -0.15) is 0 Å². The molecule has 1 rings (SSSR count). The lowest BCUT2D eigenvalue weighted by Gasteiger charge is -2.22. The van der Waals surface area contributed by atoms with Gasteiger partial charge in [-0.25, -0.2) is 0 Å². The molecule has 1 amide bonds. The fourth-order valence-electron chi connectivity index (χ4n) is 1.56. The van der Waals surface area contributed by atoms with E-state index in [1.165, 1.54) is 24.3 Å². The van der Waals surface area contributed by atoms with E-state index in [1.807, 2.05) is 0 Å². The van der Waals surface area contributed by atoms with Crippen LogP contribution in [0, 0.1) is 10.1 Å². The van der Waals surface area contributed by atoms with Gasteiger partial charge in [0.1, 0.15) is 6.10 Å². The highest BCUT2D eigenvalue weighted by atomic mass is 16.6. The highest BCUT2D eigenvalue weighted by molar-refractivity contribution is 5.75. The van der Waals surface area contributed by atoms with Crippen LogP contribution < -0.4 is 5.32 Å². The zero-order chi connectivity index (χ0) is 14.4. The highest BCUT2D eigenvalue weighted by Crippen LogP contribution is 2.20. The molecular weight excluding hydrogens is 252 g/mol. The average Bonchev–Trinajstić information content (AvgIpc) is 2.43. The van der Waals surface area contributed by atoms with Gasteiger partial charge in [0.25, 0.3) is 5.69 Å². The van der Waals surface area contributed by atoms with Crippen molar-refractivity contribution in [3.05, 3.63) is 39.9 Å². The Bertz CT molecular complexity index is 446. The van der Waals surface area contributed by atoms with Gasteiger partial charge >= 0.3 is 0 Å². The van der Waals surface area contributed by atoms with Gasteiger partial charge in [-0.15, -0.1) is 0 Å². The van der Waals surface area contributed by atoms with E-state index < -0.39 is 23.7 Å². The molecule has 0 aromatic heterocycles. The lowest BCUT2D eigenvalue weighted by atomic mass is 10.0. The summed E-state index contributed by atoms with van der Waals surface area (Å²) in [7, 11) is 0. The van der Waals surface area contributed by atoms with Crippen molar-refractivity contribution in [2.45, 2.75) is 25.5 Å². The Morgan fingerprint density at radius 3 is 2.42 bits per heavy atom. The molecule has 7 heteroatoms. The summed E-state index contributed by atoms with van der Waals surface area (Å²) in [5.41, 5.74) is 0.301. The minimum atomic E-state index is -1.12. The molecule has 1 aromatic rings. The van der Waals surface area contributed by atoms with Gasteiger partial charge in [0.15, 0.2) is 0 Å². The number of benzene rings is 1. The molecule has 19 heavy (non-hydrogen) atoms. The number of nitro benzene ring substituents is 1. The zero-order valence-corrected chi connectivity index (χ0v) is 10.4. The Hall–Kier alpha value is -1.99. The van der Waals surface area contributed by atoms with Crippen molar-refractivity contribution in [2.75, 3.05) is 6.61 Å². The summed E-state index contributed by atoms with van der Waals surface area (Å²) >= 11 is 0. The molecule has 0 aliphatic carbocycles. The maximum absolute atomic E-state index is 11.2. The first-order valence-electron chi connectivity index (χ1n) is 5.82. The topological polar surface area (TPSA) is 113 Å². The van der Waals surface area contributed by atoms with Crippen molar-refractivity contribution in [3.63, 3.8) is 0 Å². The number of carbonyl (C=O) groups excluding carboxylic acids is 1. The second-order valence-corrected chi connectivity index (χ2v) is 4.00. The van der Waals surface area contributed by atoms with E-state index in [9.17, 15) is 20.0 Å². The van der Waals surface area contributed by atoms with Crippen LogP contribution in [0.3, 0.4) is 0 Å². The van der Waals surface area contributed by atoms with Gasteiger partial charge in [0.05, 0.1) is 17.6 Å². The van der Waals surface area contributed by atoms with Crippen LogP contribution in [0.4, 0.5) is 5.69 Å². The number of nitrogens with zero attached hydrogens (tertiary/aromatic N) is 1. The number of carbonyl (C=O) groups is 1. The second-order valence-electron chi connectivity index (χ2n) is 4.00. The summed E-state index contributed by atoms with van der Waals surface area (Å²) in [6.45, 7) is 1.23. The van der Waals surface area contributed by atoms with Crippen LogP contribution in [0.15, 0.2) is 24.3 Å². The third-order valence-corrected chi connectivity index (χ3v) is 2.69. The summed E-state index contributed by atoms with van der Waals surface area (Å²) in [5, 5.41) is 32.2. The lowest BCUT2D eigenvalue weighted by Crippen LogP contribution is -2.41. The first-order chi connectivity index (χ1) is 8.99. The number of non-ortho nitro benzene ring substituents is 1. The number of aliphatic hydroxyl groups is 2. The number of nitrogens with one attached hydrogen (secondary N) is 1. The molecule has 0 aliphatic heterocycles. The Morgan fingerprint density at radius 1 is 1.42 bits per heavy atom. The number of aliphatic hydroxyl groups excluding tert-OH is 2. The van der Waals surface area contributed by atoms with Gasteiger partial charge in [-0.05, 0) is 17.7 Å². The summed E-state index contributed by atoms with van der Waals surface area (Å²) in [4.78, 5) is 21.2. The first kappa shape index (κ1) is 15.1. The van der Waals surface area contributed by atoms with Gasteiger partial charge in [0.2, 0.25) is 5.91 Å². The average molecular weight is 268 g/mol. The quantitative estimate of drug-likeness (QED) is 0.514. The molecule has 0 radical (unpaired) electrons. The van der Waals surface area contributed by atoms with Crippen LogP contribution in [-0.2, 0) is 4.79 Å². The van der Waals surface area contributed by atoms with Crippen molar-refractivity contribution >= 4 is 11.6 Å². The fraction of sp³-hybridized carbons (Fsp3) is 0.417. The molecule has 0 saturated carbocycles. The Balaban J connectivity index is 2.81. The largest absolute Gasteiger partial charge is 0.394 e. The monoisotopic (exact) mass is 268 g/mol. The summed E-state index contributed by atoms with van der Waals surface area (Å²) in [5.74, 6) is -0.292. The van der Waals surface area contributed by atoms with Crippen LogP contribution >= 0.6 is 0 Å². The van der Waals surface area contributed by atoms with Crippen molar-refractivity contribution in [3.8, 4) is 0 Å². The molecule has 104 valence electrons. The molecule has 0 heterocycles. The van der Waals surface area contributed by atoms with Gasteiger partial charge in [-0.1, -0.05) is 6.92 Å². The molecule has 0 aliphatic rings. The second kappa shape index (κ2) is 6.81. The van der Waals surface area contributed by atoms with Crippen molar-refractivity contribution in [1.29, 1.82) is 0 Å². The van der Waals surface area contributed by atoms with Crippen LogP contribution in [0.2, 0.25) is 0 Å². The fourth-order valence-corrected chi connectivity index (χ4v) is 1.56. The molecule has 7 nitrogen and oxygen atoms in total. The minimum absolute atomic E-state index is 0.0888. The standard InChI is InChI=1S/C12H16N2O5/c1-2-11(16)13-10(7-15)12(17)8-3-5-9(6-4-8)14(18)19/h3-6,10,12,15,17H,2,7H2,1H3,(H,13,16). The maximum atomic E-state index is 11.2. The number of amides is 1. The SMILES string of the molecule is CCC(=O)NC(CO)C(O)c1ccc([N+](=O)[O-])cc1. The third-order valence-electron chi connectivity index (χ3n) is 2.69. The van der Waals surface area contributed by atoms with Gasteiger partial charge < -0.3 is 15.5 Å². The predicted octanol–water partition coefficient (Wildman–Crippen LogP) is 0.515. The highest BCUT2D eigenvalue weighted by Gasteiger charge is 2.22. The van der Waals surface area contributed by atoms with Crippen LogP contribution in [0.25, 0.3) is 0 Å². The Morgan fingerprint density at radius 2 is 2.00 bits per heavy atom. The maximum Gasteiger partial charge on any atom is 0.269 e. The molecule has 0 spiro atoms. The van der Waals surface area contributed by atoms with E-state index in [4.69, 9.17) is 5.11 Å². The van der Waals surface area contributed by atoms with E-state index in [0.717, 1.165) is 0 Å². The molecule has 2 atom stereocenters. The van der Waals surface area contributed by atoms with Crippen molar-refractivity contribution in [2.24, 2.45) is 0 Å². The predicted molar refractivity (Wildman–Crippen MR) is 67.4 cm³/mol. The summed E-state index contributed by atoms with van der Waals surface area (Å²) < 4.78 is 0. The molecular formula is C12H16N2O5. The van der Waals surface area contributed by atoms with Crippen LogP contribution in [-0.4, -0.2) is 33.7 Å². The molecule has 0 bridgehead atoms. The normalized spacial score (nSPS) is 13.6. The van der Waals surface area contributed by atoms with Crippen LogP contribution in [0.1, 0.15) is 25.0 Å². The summed E-state index contributed by atoms with van der Waals surface area (Å²) in [6.07, 6.45) is -0.884. The third kappa shape index (κ3) is 4.01. The van der Waals surface area contributed by atoms with Crippen LogP contribution in [0.5, 0.6) is 0 Å². The van der Waals surface area contributed by atoms with E-state index in [1.54, 1.807) is 6.92 Å².